The number of amidine groups is 1. The molecule has 2 atom stereocenters. The highest BCUT2D eigenvalue weighted by Gasteiger charge is 2.37. The van der Waals surface area contributed by atoms with Crippen molar-refractivity contribution in [1.29, 1.82) is 0 Å². The Morgan fingerprint density at radius 3 is 2.76 bits per heavy atom. The van der Waals surface area contributed by atoms with E-state index in [4.69, 9.17) is 21.3 Å². The maximum atomic E-state index is 11.3. The van der Waals surface area contributed by atoms with Crippen molar-refractivity contribution in [2.24, 2.45) is 22.0 Å². The molecule has 9 nitrogen and oxygen atoms in total. The Balaban J connectivity index is 2.20. The summed E-state index contributed by atoms with van der Waals surface area (Å²) in [5.74, 6) is 5.70. The van der Waals surface area contributed by atoms with Crippen molar-refractivity contribution in [3.05, 3.63) is 11.5 Å². The first-order chi connectivity index (χ1) is 11.5. The molecule has 0 aromatic rings. The third-order valence-electron chi connectivity index (χ3n) is 4.01. The molecule has 25 heavy (non-hydrogen) atoms. The van der Waals surface area contributed by atoms with Crippen LogP contribution in [-0.4, -0.2) is 48.2 Å². The molecule has 0 aromatic heterocycles. The van der Waals surface area contributed by atoms with E-state index in [0.29, 0.717) is 30.5 Å². The predicted molar refractivity (Wildman–Crippen MR) is 96.7 cm³/mol. The van der Waals surface area contributed by atoms with Gasteiger partial charge in [-0.05, 0) is 11.8 Å². The first kappa shape index (κ1) is 19.3. The second-order valence-corrected chi connectivity index (χ2v) is 7.96. The zero-order valence-corrected chi connectivity index (χ0v) is 15.8. The zero-order chi connectivity index (χ0) is 18.8. The number of nitrogens with two attached hydrogens (primary N) is 2. The number of aliphatic imine (C=N–C) groups is 1. The van der Waals surface area contributed by atoms with Gasteiger partial charge in [0.25, 0.3) is 0 Å². The van der Waals surface area contributed by atoms with Crippen LogP contribution in [0.1, 0.15) is 41.0 Å². The fourth-order valence-corrected chi connectivity index (χ4v) is 2.84. The summed E-state index contributed by atoms with van der Waals surface area (Å²) in [5.41, 5.74) is 9.24. The maximum Gasteiger partial charge on any atom is 0.236 e. The average Bonchev–Trinajstić information content (AvgIpc) is 2.94. The molecule has 7 N–H and O–H groups in total. The van der Waals surface area contributed by atoms with Crippen molar-refractivity contribution >= 4 is 11.7 Å². The van der Waals surface area contributed by atoms with E-state index < -0.39 is 5.85 Å². The molecule has 9 heteroatoms. The van der Waals surface area contributed by atoms with Crippen LogP contribution in [0.2, 0.25) is 0 Å². The molecule has 0 saturated carbocycles. The van der Waals surface area contributed by atoms with Gasteiger partial charge < -0.3 is 31.4 Å². The lowest BCUT2D eigenvalue weighted by atomic mass is 9.98. The Labute approximate surface area is 149 Å². The molecule has 0 aromatic carbocycles. The SMILES string of the molecule is CC(=O)N[C@H]1CCN(C2=NC(C)(OCC(C)(C)C)NC(NN)=C2N)C1. The number of carbonyl (C=O) groups excluding carboxylic acids is 1. The van der Waals surface area contributed by atoms with Gasteiger partial charge in [-0.2, -0.15) is 0 Å². The van der Waals surface area contributed by atoms with Crippen LogP contribution in [0.15, 0.2) is 16.5 Å². The lowest BCUT2D eigenvalue weighted by molar-refractivity contribution is -0.119. The minimum atomic E-state index is -0.973. The molecule has 0 spiro atoms. The van der Waals surface area contributed by atoms with Gasteiger partial charge in [-0.25, -0.2) is 10.8 Å². The normalized spacial score (nSPS) is 27.0. The van der Waals surface area contributed by atoms with Gasteiger partial charge in [-0.1, -0.05) is 20.8 Å². The van der Waals surface area contributed by atoms with Crippen LogP contribution in [0.25, 0.3) is 0 Å². The summed E-state index contributed by atoms with van der Waals surface area (Å²) in [6, 6.07) is 0.0823. The third-order valence-corrected chi connectivity index (χ3v) is 4.01. The number of hydrogen-bond donors (Lipinski definition) is 5. The average molecular weight is 353 g/mol. The third kappa shape index (κ3) is 4.99. The van der Waals surface area contributed by atoms with Gasteiger partial charge in [0.2, 0.25) is 11.8 Å². The number of hydrazine groups is 1. The van der Waals surface area contributed by atoms with Crippen LogP contribution in [0.4, 0.5) is 0 Å². The molecule has 0 bridgehead atoms. The van der Waals surface area contributed by atoms with Crippen LogP contribution in [0.5, 0.6) is 0 Å². The molecule has 1 saturated heterocycles. The molecule has 1 amide bonds. The number of nitrogens with zero attached hydrogens (tertiary/aromatic N) is 2. The van der Waals surface area contributed by atoms with E-state index in [1.807, 2.05) is 11.8 Å². The van der Waals surface area contributed by atoms with Crippen molar-refractivity contribution in [2.75, 3.05) is 19.7 Å². The van der Waals surface area contributed by atoms with Crippen molar-refractivity contribution in [3.63, 3.8) is 0 Å². The number of carbonyl (C=O) groups is 1. The van der Waals surface area contributed by atoms with Crippen molar-refractivity contribution in [1.82, 2.24) is 21.0 Å². The van der Waals surface area contributed by atoms with E-state index in [0.717, 1.165) is 13.0 Å². The van der Waals surface area contributed by atoms with Crippen LogP contribution < -0.4 is 27.6 Å². The first-order valence-electron chi connectivity index (χ1n) is 8.54. The fraction of sp³-hybridized carbons (Fsp3) is 0.750. The molecule has 1 fully saturated rings. The number of amides is 1. The summed E-state index contributed by atoms with van der Waals surface area (Å²) in [6.07, 6.45) is 0.838. The van der Waals surface area contributed by atoms with Gasteiger partial charge in [-0.15, -0.1) is 0 Å². The van der Waals surface area contributed by atoms with Crippen LogP contribution in [0.3, 0.4) is 0 Å². The topological polar surface area (TPSA) is 130 Å². The van der Waals surface area contributed by atoms with Crippen molar-refractivity contribution in [3.8, 4) is 0 Å². The zero-order valence-electron chi connectivity index (χ0n) is 15.8. The molecule has 2 aliphatic rings. The summed E-state index contributed by atoms with van der Waals surface area (Å²) in [4.78, 5) is 18.0. The second-order valence-electron chi connectivity index (χ2n) is 7.96. The van der Waals surface area contributed by atoms with Gasteiger partial charge in [0, 0.05) is 33.0 Å². The number of nitrogens with one attached hydrogen (secondary N) is 3. The van der Waals surface area contributed by atoms with E-state index in [-0.39, 0.29) is 17.4 Å². The molecule has 2 rings (SSSR count). The highest BCUT2D eigenvalue weighted by Crippen LogP contribution is 2.24. The lowest BCUT2D eigenvalue weighted by Crippen LogP contribution is -2.55. The molecule has 0 aliphatic carbocycles. The van der Waals surface area contributed by atoms with E-state index in [2.05, 4.69) is 36.8 Å². The minimum absolute atomic E-state index is 0.00642. The number of rotatable bonds is 4. The highest BCUT2D eigenvalue weighted by molar-refractivity contribution is 5.99. The summed E-state index contributed by atoms with van der Waals surface area (Å²) in [5, 5.41) is 6.05. The summed E-state index contributed by atoms with van der Waals surface area (Å²) >= 11 is 0. The maximum absolute atomic E-state index is 11.3. The molecule has 1 unspecified atom stereocenters. The molecular weight excluding hydrogens is 322 g/mol. The Bertz CT molecular complexity index is 582. The largest absolute Gasteiger partial charge is 0.393 e. The van der Waals surface area contributed by atoms with Gasteiger partial charge >= 0.3 is 0 Å². The van der Waals surface area contributed by atoms with E-state index in [1.165, 1.54) is 6.92 Å². The van der Waals surface area contributed by atoms with Crippen LogP contribution >= 0.6 is 0 Å². The standard InChI is InChI=1S/C16H31N7O2/c1-10(24)19-11-6-7-23(8-11)14-12(17)13(22-18)20-16(5,21-14)25-9-15(2,3)4/h11,20,22H,6-9,17-18H2,1-5H3,(H,19,24)/t11-,16?/m0/s1. The van der Waals surface area contributed by atoms with E-state index in [1.54, 1.807) is 0 Å². The molecule has 2 heterocycles. The first-order valence-corrected chi connectivity index (χ1v) is 8.54. The highest BCUT2D eigenvalue weighted by atomic mass is 16.5. The quantitative estimate of drug-likeness (QED) is 0.341. The Morgan fingerprint density at radius 2 is 2.20 bits per heavy atom. The molecular formula is C16H31N7O2. The molecule has 2 aliphatic heterocycles. The fourth-order valence-electron chi connectivity index (χ4n) is 2.84. The smallest absolute Gasteiger partial charge is 0.236 e. The van der Waals surface area contributed by atoms with E-state index >= 15 is 0 Å². The monoisotopic (exact) mass is 353 g/mol. The van der Waals surface area contributed by atoms with Gasteiger partial charge in [0.1, 0.15) is 11.5 Å². The van der Waals surface area contributed by atoms with Gasteiger partial charge in [-0.3, -0.25) is 4.79 Å². The lowest BCUT2D eigenvalue weighted by Gasteiger charge is -2.37. The van der Waals surface area contributed by atoms with Crippen LogP contribution in [-0.2, 0) is 9.53 Å². The summed E-state index contributed by atoms with van der Waals surface area (Å²) < 4.78 is 6.02. The predicted octanol–water partition coefficient (Wildman–Crippen LogP) is -0.474. The number of hydrogen-bond acceptors (Lipinski definition) is 8. The summed E-state index contributed by atoms with van der Waals surface area (Å²) in [6.45, 7) is 11.5. The second kappa shape index (κ2) is 7.09. The molecule has 0 radical (unpaired) electrons. The van der Waals surface area contributed by atoms with Crippen LogP contribution in [0, 0.1) is 5.41 Å². The Kier molecular flexibility index (Phi) is 5.48. The number of ether oxygens (including phenoxy) is 1. The van der Waals surface area contributed by atoms with E-state index in [9.17, 15) is 4.79 Å². The Hall–Kier alpha value is -2.00. The number of likely N-dealkylation sites (tertiary alicyclic amines) is 1. The minimum Gasteiger partial charge on any atom is -0.393 e. The summed E-state index contributed by atoms with van der Waals surface area (Å²) in [7, 11) is 0. The van der Waals surface area contributed by atoms with Crippen molar-refractivity contribution < 1.29 is 9.53 Å². The molecule has 142 valence electrons. The van der Waals surface area contributed by atoms with Gasteiger partial charge in [0.05, 0.1) is 6.61 Å². The van der Waals surface area contributed by atoms with Crippen molar-refractivity contribution in [2.45, 2.75) is 52.9 Å². The Morgan fingerprint density at radius 1 is 1.52 bits per heavy atom. The van der Waals surface area contributed by atoms with Gasteiger partial charge in [0.15, 0.2) is 5.84 Å².